The first-order chi connectivity index (χ1) is 12.8. The zero-order valence-corrected chi connectivity index (χ0v) is 16.9. The van der Waals surface area contributed by atoms with Crippen molar-refractivity contribution in [2.75, 3.05) is 38.8 Å². The summed E-state index contributed by atoms with van der Waals surface area (Å²) in [5, 5.41) is 0. The van der Waals surface area contributed by atoms with Gasteiger partial charge in [-0.05, 0) is 24.5 Å². The fraction of sp³-hybridized carbons (Fsp3) is 0.571. The summed E-state index contributed by atoms with van der Waals surface area (Å²) in [7, 11) is 3.32. The van der Waals surface area contributed by atoms with Crippen LogP contribution in [0.25, 0.3) is 0 Å². The maximum atomic E-state index is 12.2. The van der Waals surface area contributed by atoms with E-state index in [0.717, 1.165) is 5.69 Å². The number of ether oxygens (including phenoxy) is 1. The van der Waals surface area contributed by atoms with E-state index in [4.69, 9.17) is 4.74 Å². The molecule has 1 aromatic rings. The van der Waals surface area contributed by atoms with Gasteiger partial charge in [-0.1, -0.05) is 32.0 Å². The number of carbonyl (C=O) groups excluding carboxylic acids is 3. The Morgan fingerprint density at radius 1 is 1.00 bits per heavy atom. The van der Waals surface area contributed by atoms with Gasteiger partial charge in [-0.3, -0.25) is 14.4 Å². The molecule has 0 aromatic heterocycles. The predicted octanol–water partition coefficient (Wildman–Crippen LogP) is 2.91. The minimum atomic E-state index is -0.248. The van der Waals surface area contributed by atoms with Crippen molar-refractivity contribution in [1.29, 1.82) is 0 Å². The second-order valence-corrected chi connectivity index (χ2v) is 7.13. The Bertz CT molecular complexity index is 601. The van der Waals surface area contributed by atoms with Gasteiger partial charge in [-0.25, -0.2) is 0 Å². The Labute approximate surface area is 162 Å². The van der Waals surface area contributed by atoms with E-state index in [1.165, 1.54) is 9.80 Å². The number of ketones is 1. The van der Waals surface area contributed by atoms with Crippen molar-refractivity contribution in [3.05, 3.63) is 30.3 Å². The maximum absolute atomic E-state index is 12.2. The lowest BCUT2D eigenvalue weighted by atomic mass is 10.0. The molecule has 0 saturated heterocycles. The van der Waals surface area contributed by atoms with E-state index in [1.807, 2.05) is 44.2 Å². The highest BCUT2D eigenvalue weighted by atomic mass is 16.5. The van der Waals surface area contributed by atoms with Crippen LogP contribution in [-0.4, -0.2) is 56.4 Å². The fourth-order valence-corrected chi connectivity index (χ4v) is 2.54. The highest BCUT2D eigenvalue weighted by molar-refractivity contribution is 6.04. The van der Waals surface area contributed by atoms with E-state index in [-0.39, 0.29) is 24.0 Å². The van der Waals surface area contributed by atoms with Gasteiger partial charge < -0.3 is 14.5 Å². The number of anilines is 1. The van der Waals surface area contributed by atoms with Crippen LogP contribution in [0.15, 0.2) is 30.3 Å². The van der Waals surface area contributed by atoms with E-state index in [1.54, 1.807) is 14.1 Å². The molecule has 27 heavy (non-hydrogen) atoms. The van der Waals surface area contributed by atoms with E-state index in [2.05, 4.69) is 0 Å². The number of para-hydroxylation sites is 1. The molecular weight excluding hydrogens is 344 g/mol. The van der Waals surface area contributed by atoms with Gasteiger partial charge in [0, 0.05) is 45.8 Å². The van der Waals surface area contributed by atoms with E-state index >= 15 is 0 Å². The molecule has 6 heteroatoms. The molecule has 0 spiro atoms. The third-order valence-electron chi connectivity index (χ3n) is 4.20. The monoisotopic (exact) mass is 376 g/mol. The summed E-state index contributed by atoms with van der Waals surface area (Å²) >= 11 is 0. The zero-order valence-electron chi connectivity index (χ0n) is 16.9. The lowest BCUT2D eigenvalue weighted by Crippen LogP contribution is -2.36. The third-order valence-corrected chi connectivity index (χ3v) is 4.20. The van der Waals surface area contributed by atoms with Crippen LogP contribution in [0.5, 0.6) is 0 Å². The Balaban J connectivity index is 2.21. The quantitative estimate of drug-likeness (QED) is 0.416. The highest BCUT2D eigenvalue weighted by Gasteiger charge is 2.18. The standard InChI is InChI=1S/C21H32N2O4/c1-17(2)15-19(24)11-8-13-27-14-12-22(3)20(25)16-21(26)23(4)18-9-6-5-7-10-18/h5-7,9-10,17H,8,11-16H2,1-4H3. The van der Waals surface area contributed by atoms with Gasteiger partial charge in [-0.2, -0.15) is 0 Å². The van der Waals surface area contributed by atoms with Gasteiger partial charge in [0.2, 0.25) is 11.8 Å². The molecule has 0 fully saturated rings. The fourth-order valence-electron chi connectivity index (χ4n) is 2.54. The van der Waals surface area contributed by atoms with E-state index < -0.39 is 0 Å². The second-order valence-electron chi connectivity index (χ2n) is 7.13. The van der Waals surface area contributed by atoms with Crippen LogP contribution in [0.1, 0.15) is 39.5 Å². The number of carbonyl (C=O) groups is 3. The number of hydrogen-bond acceptors (Lipinski definition) is 4. The van der Waals surface area contributed by atoms with Crippen molar-refractivity contribution in [2.45, 2.75) is 39.5 Å². The summed E-state index contributed by atoms with van der Waals surface area (Å²) in [6.07, 6.45) is 1.67. The van der Waals surface area contributed by atoms with Crippen LogP contribution >= 0.6 is 0 Å². The second kappa shape index (κ2) is 12.2. The molecular formula is C21H32N2O4. The summed E-state index contributed by atoms with van der Waals surface area (Å²) < 4.78 is 5.49. The Morgan fingerprint density at radius 3 is 2.30 bits per heavy atom. The number of amides is 2. The number of nitrogens with zero attached hydrogens (tertiary/aromatic N) is 2. The van der Waals surface area contributed by atoms with Crippen LogP contribution in [-0.2, 0) is 19.1 Å². The van der Waals surface area contributed by atoms with Crippen molar-refractivity contribution in [3.63, 3.8) is 0 Å². The molecule has 6 nitrogen and oxygen atoms in total. The molecule has 0 atom stereocenters. The van der Waals surface area contributed by atoms with Crippen molar-refractivity contribution in [3.8, 4) is 0 Å². The van der Waals surface area contributed by atoms with Crippen LogP contribution in [0.4, 0.5) is 5.69 Å². The Kier molecular flexibility index (Phi) is 10.3. The maximum Gasteiger partial charge on any atom is 0.236 e. The summed E-state index contributed by atoms with van der Waals surface area (Å²) in [6.45, 7) is 5.37. The van der Waals surface area contributed by atoms with Gasteiger partial charge in [0.05, 0.1) is 6.61 Å². The van der Waals surface area contributed by atoms with Crippen LogP contribution < -0.4 is 4.90 Å². The molecule has 1 aromatic carbocycles. The number of hydrogen-bond donors (Lipinski definition) is 0. The van der Waals surface area contributed by atoms with Gasteiger partial charge in [0.1, 0.15) is 12.2 Å². The molecule has 0 aliphatic heterocycles. The lowest BCUT2D eigenvalue weighted by molar-refractivity contribution is -0.134. The smallest absolute Gasteiger partial charge is 0.236 e. The van der Waals surface area contributed by atoms with Gasteiger partial charge in [0.15, 0.2) is 0 Å². The van der Waals surface area contributed by atoms with E-state index in [0.29, 0.717) is 44.9 Å². The SMILES string of the molecule is CC(C)CC(=O)CCCOCCN(C)C(=O)CC(=O)N(C)c1ccccc1. The highest BCUT2D eigenvalue weighted by Crippen LogP contribution is 2.12. The average Bonchev–Trinajstić information content (AvgIpc) is 2.63. The molecule has 1 rings (SSSR count). The molecule has 0 unspecified atom stereocenters. The average molecular weight is 376 g/mol. The predicted molar refractivity (Wildman–Crippen MR) is 107 cm³/mol. The topological polar surface area (TPSA) is 66.9 Å². The summed E-state index contributed by atoms with van der Waals surface area (Å²) in [6, 6.07) is 9.22. The normalized spacial score (nSPS) is 10.7. The summed E-state index contributed by atoms with van der Waals surface area (Å²) in [5.74, 6) is 0.171. The lowest BCUT2D eigenvalue weighted by Gasteiger charge is -2.20. The Hall–Kier alpha value is -2.21. The molecule has 0 bridgehead atoms. The van der Waals surface area contributed by atoms with Crippen molar-refractivity contribution < 1.29 is 19.1 Å². The molecule has 0 radical (unpaired) electrons. The minimum absolute atomic E-state index is 0.175. The molecule has 0 aliphatic carbocycles. The van der Waals surface area contributed by atoms with E-state index in [9.17, 15) is 14.4 Å². The molecule has 150 valence electrons. The largest absolute Gasteiger partial charge is 0.380 e. The first-order valence-electron chi connectivity index (χ1n) is 9.46. The van der Waals surface area contributed by atoms with Crippen molar-refractivity contribution >= 4 is 23.3 Å². The molecule has 0 N–H and O–H groups in total. The zero-order chi connectivity index (χ0) is 20.2. The first kappa shape index (κ1) is 22.8. The third kappa shape index (κ3) is 9.33. The first-order valence-corrected chi connectivity index (χ1v) is 9.46. The molecule has 0 saturated carbocycles. The number of likely N-dealkylation sites (N-methyl/N-ethyl adjacent to an activating group) is 1. The Morgan fingerprint density at radius 2 is 1.67 bits per heavy atom. The van der Waals surface area contributed by atoms with Crippen molar-refractivity contribution in [2.24, 2.45) is 5.92 Å². The molecule has 0 aliphatic rings. The summed E-state index contributed by atoms with van der Waals surface area (Å²) in [5.41, 5.74) is 0.758. The number of Topliss-reactive ketones (excluding diaryl/α,β-unsaturated/α-hetero) is 1. The van der Waals surface area contributed by atoms with Gasteiger partial charge in [0.25, 0.3) is 0 Å². The van der Waals surface area contributed by atoms with Gasteiger partial charge in [-0.15, -0.1) is 0 Å². The number of rotatable bonds is 12. The van der Waals surface area contributed by atoms with Crippen molar-refractivity contribution in [1.82, 2.24) is 4.90 Å². The van der Waals surface area contributed by atoms with Gasteiger partial charge >= 0.3 is 0 Å². The molecule has 2 amide bonds. The molecule has 0 heterocycles. The number of benzene rings is 1. The van der Waals surface area contributed by atoms with Crippen LogP contribution in [0.3, 0.4) is 0 Å². The van der Waals surface area contributed by atoms with Crippen LogP contribution in [0, 0.1) is 5.92 Å². The summed E-state index contributed by atoms with van der Waals surface area (Å²) in [4.78, 5) is 39.0. The van der Waals surface area contributed by atoms with Crippen LogP contribution in [0.2, 0.25) is 0 Å². The minimum Gasteiger partial charge on any atom is -0.380 e.